The van der Waals surface area contributed by atoms with Crippen LogP contribution in [0.4, 0.5) is 0 Å². The molecule has 0 radical (unpaired) electrons. The van der Waals surface area contributed by atoms with Gasteiger partial charge in [0, 0.05) is 21.1 Å². The van der Waals surface area contributed by atoms with E-state index >= 15 is 0 Å². The van der Waals surface area contributed by atoms with Gasteiger partial charge in [-0.15, -0.1) is 22.7 Å². The highest BCUT2D eigenvalue weighted by Crippen LogP contribution is 2.31. The van der Waals surface area contributed by atoms with E-state index in [-0.39, 0.29) is 5.91 Å². The summed E-state index contributed by atoms with van der Waals surface area (Å²) in [6.45, 7) is 0.563. The monoisotopic (exact) mass is 349 g/mol. The first kappa shape index (κ1) is 16.7. The summed E-state index contributed by atoms with van der Waals surface area (Å²) in [6.07, 6.45) is 6.37. The van der Waals surface area contributed by atoms with Gasteiger partial charge >= 0.3 is 0 Å². The highest BCUT2D eigenvalue weighted by molar-refractivity contribution is 7.12. The van der Waals surface area contributed by atoms with Gasteiger partial charge in [-0.3, -0.25) is 4.79 Å². The van der Waals surface area contributed by atoms with E-state index in [1.54, 1.807) is 22.7 Å². The van der Waals surface area contributed by atoms with Gasteiger partial charge in [0.05, 0.1) is 6.54 Å². The van der Waals surface area contributed by atoms with Crippen LogP contribution in [-0.2, 0) is 11.3 Å². The molecule has 1 saturated carbocycles. The zero-order valence-electron chi connectivity index (χ0n) is 13.2. The molecule has 124 valence electrons. The molecule has 1 amide bonds. The van der Waals surface area contributed by atoms with Gasteiger partial charge in [-0.2, -0.15) is 0 Å². The van der Waals surface area contributed by atoms with Crippen LogP contribution in [0.15, 0.2) is 29.6 Å². The van der Waals surface area contributed by atoms with Gasteiger partial charge in [0.1, 0.15) is 6.10 Å². The van der Waals surface area contributed by atoms with Crippen LogP contribution in [0, 0.1) is 5.92 Å². The lowest BCUT2D eigenvalue weighted by atomic mass is 9.87. The van der Waals surface area contributed by atoms with Crippen LogP contribution in [0.5, 0.6) is 0 Å². The second-order valence-electron chi connectivity index (χ2n) is 6.21. The SMILES string of the molecule is O=C(CC1CCCCC1)NCc1ccc(C(O)c2cccs2)s1. The average molecular weight is 350 g/mol. The van der Waals surface area contributed by atoms with Crippen molar-refractivity contribution in [2.45, 2.75) is 51.2 Å². The molecule has 1 atom stereocenters. The van der Waals surface area contributed by atoms with E-state index in [4.69, 9.17) is 0 Å². The molecule has 5 heteroatoms. The van der Waals surface area contributed by atoms with Crippen LogP contribution in [0.25, 0.3) is 0 Å². The summed E-state index contributed by atoms with van der Waals surface area (Å²) >= 11 is 3.13. The molecule has 0 saturated heterocycles. The van der Waals surface area contributed by atoms with Crippen molar-refractivity contribution in [2.75, 3.05) is 0 Å². The maximum absolute atomic E-state index is 12.1. The second kappa shape index (κ2) is 8.08. The van der Waals surface area contributed by atoms with E-state index in [0.717, 1.165) is 14.6 Å². The molecule has 0 aliphatic heterocycles. The van der Waals surface area contributed by atoms with Crippen molar-refractivity contribution in [3.63, 3.8) is 0 Å². The van der Waals surface area contributed by atoms with Crippen molar-refractivity contribution in [3.8, 4) is 0 Å². The molecular weight excluding hydrogens is 326 g/mol. The van der Waals surface area contributed by atoms with Gasteiger partial charge in [0.25, 0.3) is 0 Å². The molecule has 2 aromatic heterocycles. The third-order valence-corrected chi connectivity index (χ3v) is 6.49. The lowest BCUT2D eigenvalue weighted by Gasteiger charge is -2.20. The van der Waals surface area contributed by atoms with Gasteiger partial charge in [-0.05, 0) is 42.3 Å². The largest absolute Gasteiger partial charge is 0.382 e. The van der Waals surface area contributed by atoms with Crippen molar-refractivity contribution < 1.29 is 9.90 Å². The molecule has 2 aromatic rings. The zero-order valence-corrected chi connectivity index (χ0v) is 14.8. The van der Waals surface area contributed by atoms with Crippen molar-refractivity contribution in [1.29, 1.82) is 0 Å². The molecule has 0 spiro atoms. The number of rotatable bonds is 6. The van der Waals surface area contributed by atoms with Crippen molar-refractivity contribution in [3.05, 3.63) is 44.3 Å². The van der Waals surface area contributed by atoms with Crippen molar-refractivity contribution in [2.24, 2.45) is 5.92 Å². The minimum atomic E-state index is -0.549. The van der Waals surface area contributed by atoms with Crippen LogP contribution >= 0.6 is 22.7 Å². The maximum Gasteiger partial charge on any atom is 0.220 e. The second-order valence-corrected chi connectivity index (χ2v) is 8.39. The Hall–Kier alpha value is -1.17. The first-order valence-electron chi connectivity index (χ1n) is 8.29. The van der Waals surface area contributed by atoms with Gasteiger partial charge in [0.15, 0.2) is 0 Å². The van der Waals surface area contributed by atoms with Crippen LogP contribution in [0.1, 0.15) is 59.3 Å². The first-order valence-corrected chi connectivity index (χ1v) is 9.99. The van der Waals surface area contributed by atoms with Gasteiger partial charge in [-0.25, -0.2) is 0 Å². The molecule has 1 fully saturated rings. The Balaban J connectivity index is 1.48. The lowest BCUT2D eigenvalue weighted by molar-refractivity contribution is -0.122. The molecule has 0 bridgehead atoms. The summed E-state index contributed by atoms with van der Waals surface area (Å²) in [5, 5.41) is 15.3. The standard InChI is InChI=1S/C18H23NO2S2/c20-17(11-13-5-2-1-3-6-13)19-12-14-8-9-16(23-14)18(21)15-7-4-10-22-15/h4,7-10,13,18,21H,1-3,5-6,11-12H2,(H,19,20). The Kier molecular flexibility index (Phi) is 5.86. The van der Waals surface area contributed by atoms with Gasteiger partial charge in [0.2, 0.25) is 5.91 Å². The number of carbonyl (C=O) groups excluding carboxylic acids is 1. The van der Waals surface area contributed by atoms with Gasteiger partial charge in [-0.1, -0.05) is 25.3 Å². The van der Waals surface area contributed by atoms with E-state index in [0.29, 0.717) is 18.9 Å². The normalized spacial score (nSPS) is 17.1. The van der Waals surface area contributed by atoms with Crippen molar-refractivity contribution >= 4 is 28.6 Å². The Labute approximate surface area is 145 Å². The lowest BCUT2D eigenvalue weighted by Crippen LogP contribution is -2.25. The number of nitrogens with one attached hydrogen (secondary N) is 1. The molecule has 3 rings (SSSR count). The number of aliphatic hydroxyl groups is 1. The Morgan fingerprint density at radius 2 is 2.04 bits per heavy atom. The Bertz CT molecular complexity index is 615. The van der Waals surface area contributed by atoms with E-state index in [2.05, 4.69) is 5.32 Å². The number of hydrogen-bond donors (Lipinski definition) is 2. The molecule has 1 aliphatic carbocycles. The highest BCUT2D eigenvalue weighted by atomic mass is 32.1. The summed E-state index contributed by atoms with van der Waals surface area (Å²) in [6, 6.07) is 7.85. The number of amides is 1. The minimum absolute atomic E-state index is 0.158. The molecule has 3 nitrogen and oxygen atoms in total. The quantitative estimate of drug-likeness (QED) is 0.808. The van der Waals surface area contributed by atoms with E-state index < -0.39 is 6.10 Å². The molecular formula is C18H23NO2S2. The topological polar surface area (TPSA) is 49.3 Å². The van der Waals surface area contributed by atoms with Crippen LogP contribution in [0.2, 0.25) is 0 Å². The molecule has 1 unspecified atom stereocenters. The van der Waals surface area contributed by atoms with Crippen LogP contribution < -0.4 is 5.32 Å². The average Bonchev–Trinajstić information content (AvgIpc) is 3.25. The highest BCUT2D eigenvalue weighted by Gasteiger charge is 2.17. The fraction of sp³-hybridized carbons (Fsp3) is 0.500. The molecule has 23 heavy (non-hydrogen) atoms. The summed E-state index contributed by atoms with van der Waals surface area (Å²) in [5.74, 6) is 0.731. The van der Waals surface area contributed by atoms with Crippen molar-refractivity contribution in [1.82, 2.24) is 5.32 Å². The number of thiophene rings is 2. The summed E-state index contributed by atoms with van der Waals surface area (Å²) in [5.41, 5.74) is 0. The third-order valence-electron chi connectivity index (χ3n) is 4.42. The van der Waals surface area contributed by atoms with Crippen LogP contribution in [0.3, 0.4) is 0 Å². The fourth-order valence-electron chi connectivity index (χ4n) is 3.13. The Morgan fingerprint density at radius 1 is 1.22 bits per heavy atom. The zero-order chi connectivity index (χ0) is 16.1. The minimum Gasteiger partial charge on any atom is -0.382 e. The Morgan fingerprint density at radius 3 is 2.78 bits per heavy atom. The van der Waals surface area contributed by atoms with Crippen LogP contribution in [-0.4, -0.2) is 11.0 Å². The summed E-state index contributed by atoms with van der Waals surface area (Å²) in [4.78, 5) is 15.0. The van der Waals surface area contributed by atoms with Gasteiger partial charge < -0.3 is 10.4 Å². The molecule has 2 N–H and O–H groups in total. The number of hydrogen-bond acceptors (Lipinski definition) is 4. The molecule has 2 heterocycles. The molecule has 0 aromatic carbocycles. The fourth-order valence-corrected chi connectivity index (χ4v) is 4.89. The predicted molar refractivity (Wildman–Crippen MR) is 95.7 cm³/mol. The predicted octanol–water partition coefficient (Wildman–Crippen LogP) is 4.48. The summed E-state index contributed by atoms with van der Waals surface area (Å²) in [7, 11) is 0. The molecule has 1 aliphatic rings. The number of aliphatic hydroxyl groups excluding tert-OH is 1. The van der Waals surface area contributed by atoms with E-state index in [1.807, 2.05) is 29.6 Å². The maximum atomic E-state index is 12.1. The first-order chi connectivity index (χ1) is 11.2. The summed E-state index contributed by atoms with van der Waals surface area (Å²) < 4.78 is 0. The van der Waals surface area contributed by atoms with E-state index in [9.17, 15) is 9.90 Å². The number of carbonyl (C=O) groups is 1. The van der Waals surface area contributed by atoms with E-state index in [1.165, 1.54) is 32.1 Å². The third kappa shape index (κ3) is 4.66. The smallest absolute Gasteiger partial charge is 0.220 e.